The largest absolute Gasteiger partial charge is 0.372 e. The van der Waals surface area contributed by atoms with E-state index in [2.05, 4.69) is 12.2 Å². The monoisotopic (exact) mass is 183 g/mol. The molecule has 0 amide bonds. The molecule has 76 valence electrons. The summed E-state index contributed by atoms with van der Waals surface area (Å²) in [6.45, 7) is 3.21. The van der Waals surface area contributed by atoms with E-state index in [1.807, 2.05) is 0 Å². The van der Waals surface area contributed by atoms with Crippen molar-refractivity contribution in [1.29, 1.82) is 0 Å². The van der Waals surface area contributed by atoms with Gasteiger partial charge in [-0.25, -0.2) is 0 Å². The molecule has 0 bridgehead atoms. The second kappa shape index (κ2) is 4.43. The molecule has 1 aliphatic heterocycles. The molecule has 2 nitrogen and oxygen atoms in total. The fourth-order valence-corrected chi connectivity index (χ4v) is 2.51. The average Bonchev–Trinajstić information content (AvgIpc) is 2.08. The summed E-state index contributed by atoms with van der Waals surface area (Å²) in [7, 11) is 0. The van der Waals surface area contributed by atoms with Crippen molar-refractivity contribution >= 4 is 0 Å². The molecular weight excluding hydrogens is 162 g/mol. The van der Waals surface area contributed by atoms with Gasteiger partial charge < -0.3 is 10.1 Å². The smallest absolute Gasteiger partial charge is 0.0732 e. The first kappa shape index (κ1) is 9.47. The maximum atomic E-state index is 5.96. The van der Waals surface area contributed by atoms with Gasteiger partial charge in [0.15, 0.2) is 0 Å². The molecular formula is C11H21NO. The van der Waals surface area contributed by atoms with Crippen LogP contribution in [0.3, 0.4) is 0 Å². The zero-order chi connectivity index (χ0) is 9.10. The van der Waals surface area contributed by atoms with Crippen LogP contribution in [0, 0.1) is 0 Å². The highest BCUT2D eigenvalue weighted by molar-refractivity contribution is 4.84. The Morgan fingerprint density at radius 2 is 1.85 bits per heavy atom. The first-order valence-electron chi connectivity index (χ1n) is 5.75. The molecule has 1 saturated carbocycles. The first-order valence-corrected chi connectivity index (χ1v) is 5.75. The van der Waals surface area contributed by atoms with Crippen molar-refractivity contribution in [3.63, 3.8) is 0 Å². The number of fused-ring (bicyclic) bond motifs is 1. The van der Waals surface area contributed by atoms with Crippen molar-refractivity contribution < 1.29 is 4.74 Å². The molecule has 3 unspecified atom stereocenters. The van der Waals surface area contributed by atoms with Gasteiger partial charge in [-0.2, -0.15) is 0 Å². The van der Waals surface area contributed by atoms with Crippen LogP contribution in [0.2, 0.25) is 0 Å². The standard InChI is InChI=1S/C11H21NO/c1-9-8-12-10-6-4-2-3-5-7-11(10)13-9/h9-12H,2-8H2,1H3. The van der Waals surface area contributed by atoms with E-state index in [0.29, 0.717) is 18.2 Å². The van der Waals surface area contributed by atoms with Gasteiger partial charge in [0, 0.05) is 12.6 Å². The van der Waals surface area contributed by atoms with E-state index in [-0.39, 0.29) is 0 Å². The summed E-state index contributed by atoms with van der Waals surface area (Å²) in [5, 5.41) is 3.61. The minimum absolute atomic E-state index is 0.417. The Morgan fingerprint density at radius 3 is 2.69 bits per heavy atom. The predicted molar refractivity (Wildman–Crippen MR) is 53.8 cm³/mol. The van der Waals surface area contributed by atoms with Crippen LogP contribution in [0.25, 0.3) is 0 Å². The Kier molecular flexibility index (Phi) is 3.23. The molecule has 2 aliphatic rings. The molecule has 2 heteroatoms. The van der Waals surface area contributed by atoms with E-state index in [0.717, 1.165) is 6.54 Å². The zero-order valence-electron chi connectivity index (χ0n) is 8.59. The van der Waals surface area contributed by atoms with Crippen LogP contribution < -0.4 is 5.32 Å². The Balaban J connectivity index is 1.91. The van der Waals surface area contributed by atoms with Gasteiger partial charge in [-0.3, -0.25) is 0 Å². The van der Waals surface area contributed by atoms with Crippen LogP contribution in [0.4, 0.5) is 0 Å². The summed E-state index contributed by atoms with van der Waals surface area (Å²) in [5.41, 5.74) is 0. The van der Waals surface area contributed by atoms with Crippen LogP contribution in [-0.2, 0) is 4.74 Å². The molecule has 0 aromatic heterocycles. The number of hydrogen-bond acceptors (Lipinski definition) is 2. The van der Waals surface area contributed by atoms with Crippen molar-refractivity contribution in [1.82, 2.24) is 5.32 Å². The highest BCUT2D eigenvalue weighted by Crippen LogP contribution is 2.23. The summed E-state index contributed by atoms with van der Waals surface area (Å²) >= 11 is 0. The topological polar surface area (TPSA) is 21.3 Å². The first-order chi connectivity index (χ1) is 6.36. The summed E-state index contributed by atoms with van der Waals surface area (Å²) in [6, 6.07) is 0.650. The van der Waals surface area contributed by atoms with Gasteiger partial charge in [-0.1, -0.05) is 25.7 Å². The maximum Gasteiger partial charge on any atom is 0.0732 e. The summed E-state index contributed by atoms with van der Waals surface area (Å²) in [5.74, 6) is 0. The lowest BCUT2D eigenvalue weighted by Crippen LogP contribution is -2.51. The minimum Gasteiger partial charge on any atom is -0.372 e. The molecule has 1 saturated heterocycles. The SMILES string of the molecule is CC1CNC2CCCCCCC2O1. The van der Waals surface area contributed by atoms with E-state index < -0.39 is 0 Å². The molecule has 3 atom stereocenters. The number of ether oxygens (including phenoxy) is 1. The molecule has 0 aromatic carbocycles. The lowest BCUT2D eigenvalue weighted by atomic mass is 9.93. The Labute approximate surface area is 81.0 Å². The van der Waals surface area contributed by atoms with Crippen LogP contribution in [0.15, 0.2) is 0 Å². The predicted octanol–water partition coefficient (Wildman–Crippen LogP) is 2.09. The third-order valence-corrected chi connectivity index (χ3v) is 3.28. The van der Waals surface area contributed by atoms with Crippen LogP contribution in [0.5, 0.6) is 0 Å². The second-order valence-corrected chi connectivity index (χ2v) is 4.49. The number of rotatable bonds is 0. The van der Waals surface area contributed by atoms with E-state index in [1.165, 1.54) is 38.5 Å². The fourth-order valence-electron chi connectivity index (χ4n) is 2.51. The van der Waals surface area contributed by atoms with E-state index in [9.17, 15) is 0 Å². The number of morpholine rings is 1. The Bertz CT molecular complexity index is 158. The van der Waals surface area contributed by atoms with Gasteiger partial charge in [0.2, 0.25) is 0 Å². The summed E-state index contributed by atoms with van der Waals surface area (Å²) < 4.78 is 5.96. The molecule has 1 aliphatic carbocycles. The fraction of sp³-hybridized carbons (Fsp3) is 1.00. The van der Waals surface area contributed by atoms with Crippen molar-refractivity contribution in [3.05, 3.63) is 0 Å². The third kappa shape index (κ3) is 2.44. The van der Waals surface area contributed by atoms with Gasteiger partial charge in [0.1, 0.15) is 0 Å². The highest BCUT2D eigenvalue weighted by atomic mass is 16.5. The summed E-state index contributed by atoms with van der Waals surface area (Å²) in [4.78, 5) is 0. The molecule has 13 heavy (non-hydrogen) atoms. The molecule has 1 heterocycles. The highest BCUT2D eigenvalue weighted by Gasteiger charge is 2.28. The van der Waals surface area contributed by atoms with Crippen molar-refractivity contribution in [2.75, 3.05) is 6.54 Å². The minimum atomic E-state index is 0.417. The molecule has 1 N–H and O–H groups in total. The lowest BCUT2D eigenvalue weighted by molar-refractivity contribution is -0.0625. The lowest BCUT2D eigenvalue weighted by Gasteiger charge is -2.37. The van der Waals surface area contributed by atoms with Crippen LogP contribution in [0.1, 0.15) is 45.4 Å². The van der Waals surface area contributed by atoms with E-state index in [4.69, 9.17) is 4.74 Å². The Hall–Kier alpha value is -0.0800. The van der Waals surface area contributed by atoms with E-state index in [1.54, 1.807) is 0 Å². The normalized spacial score (nSPS) is 41.8. The van der Waals surface area contributed by atoms with Gasteiger partial charge >= 0.3 is 0 Å². The number of hydrogen-bond donors (Lipinski definition) is 1. The molecule has 0 spiro atoms. The van der Waals surface area contributed by atoms with Gasteiger partial charge in [-0.15, -0.1) is 0 Å². The summed E-state index contributed by atoms with van der Waals surface area (Å²) in [6.07, 6.45) is 9.06. The van der Waals surface area contributed by atoms with Crippen molar-refractivity contribution in [3.8, 4) is 0 Å². The average molecular weight is 183 g/mol. The zero-order valence-corrected chi connectivity index (χ0v) is 8.59. The quantitative estimate of drug-likeness (QED) is 0.621. The molecule has 2 fully saturated rings. The second-order valence-electron chi connectivity index (χ2n) is 4.49. The maximum absolute atomic E-state index is 5.96. The van der Waals surface area contributed by atoms with Gasteiger partial charge in [0.05, 0.1) is 12.2 Å². The van der Waals surface area contributed by atoms with Gasteiger partial charge in [-0.05, 0) is 19.8 Å². The molecule has 0 aromatic rings. The third-order valence-electron chi connectivity index (χ3n) is 3.28. The molecule has 2 rings (SSSR count). The van der Waals surface area contributed by atoms with Crippen molar-refractivity contribution in [2.24, 2.45) is 0 Å². The molecule has 0 radical (unpaired) electrons. The van der Waals surface area contributed by atoms with Crippen LogP contribution >= 0.6 is 0 Å². The van der Waals surface area contributed by atoms with Crippen LogP contribution in [-0.4, -0.2) is 24.8 Å². The van der Waals surface area contributed by atoms with E-state index >= 15 is 0 Å². The number of nitrogens with one attached hydrogen (secondary N) is 1. The Morgan fingerprint density at radius 1 is 1.08 bits per heavy atom. The van der Waals surface area contributed by atoms with Crippen molar-refractivity contribution in [2.45, 2.75) is 63.7 Å². The van der Waals surface area contributed by atoms with Gasteiger partial charge in [0.25, 0.3) is 0 Å².